The summed E-state index contributed by atoms with van der Waals surface area (Å²) >= 11 is 1.53. The Labute approximate surface area is 206 Å². The highest BCUT2D eigenvalue weighted by molar-refractivity contribution is 7.14. The summed E-state index contributed by atoms with van der Waals surface area (Å²) in [5.41, 5.74) is 12.6. The van der Waals surface area contributed by atoms with Gasteiger partial charge in [-0.05, 0) is 73.2 Å². The molecule has 3 aromatic heterocycles. The van der Waals surface area contributed by atoms with E-state index in [0.717, 1.165) is 40.2 Å². The maximum Gasteiger partial charge on any atom is 0.255 e. The Morgan fingerprint density at radius 2 is 1.91 bits per heavy atom. The summed E-state index contributed by atoms with van der Waals surface area (Å²) in [6.07, 6.45) is 7.69. The van der Waals surface area contributed by atoms with Crippen LogP contribution in [0.3, 0.4) is 0 Å². The van der Waals surface area contributed by atoms with Crippen molar-refractivity contribution in [2.75, 3.05) is 16.4 Å². The van der Waals surface area contributed by atoms with E-state index in [2.05, 4.69) is 27.2 Å². The van der Waals surface area contributed by atoms with Crippen molar-refractivity contribution in [3.05, 3.63) is 89.6 Å². The van der Waals surface area contributed by atoms with Gasteiger partial charge in [-0.3, -0.25) is 9.20 Å². The first-order valence-electron chi connectivity index (χ1n) is 11.6. The highest BCUT2D eigenvalue weighted by Crippen LogP contribution is 2.34. The normalized spacial score (nSPS) is 13.1. The Balaban J connectivity index is 1.16. The maximum atomic E-state index is 12.6. The van der Waals surface area contributed by atoms with Crippen LogP contribution in [-0.2, 0) is 6.42 Å². The molecular formula is C27H24N6OS. The molecule has 0 saturated heterocycles. The summed E-state index contributed by atoms with van der Waals surface area (Å²) < 4.78 is 2.13. The number of benzene rings is 2. The molecule has 5 aromatic rings. The van der Waals surface area contributed by atoms with Crippen LogP contribution in [0, 0.1) is 5.92 Å². The van der Waals surface area contributed by atoms with Crippen molar-refractivity contribution in [2.24, 2.45) is 5.92 Å². The van der Waals surface area contributed by atoms with E-state index in [1.165, 1.54) is 29.7 Å². The topological polar surface area (TPSA) is 97.3 Å². The molecular weight excluding hydrogens is 456 g/mol. The molecule has 0 spiro atoms. The Morgan fingerprint density at radius 3 is 2.71 bits per heavy atom. The van der Waals surface area contributed by atoms with Crippen LogP contribution in [0.15, 0.2) is 78.4 Å². The number of aromatic nitrogens is 3. The number of carbonyl (C=O) groups is 1. The first-order valence-corrected chi connectivity index (χ1v) is 12.5. The number of anilines is 4. The minimum atomic E-state index is -0.209. The third-order valence-corrected chi connectivity index (χ3v) is 6.95. The molecule has 1 fully saturated rings. The predicted octanol–water partition coefficient (Wildman–Crippen LogP) is 5.99. The van der Waals surface area contributed by atoms with Gasteiger partial charge in [-0.2, -0.15) is 0 Å². The highest BCUT2D eigenvalue weighted by Gasteiger charge is 2.23. The third-order valence-electron chi connectivity index (χ3n) is 6.20. The Kier molecular flexibility index (Phi) is 5.42. The molecule has 6 rings (SSSR count). The van der Waals surface area contributed by atoms with E-state index in [9.17, 15) is 4.79 Å². The summed E-state index contributed by atoms with van der Waals surface area (Å²) in [5.74, 6) is 0.602. The fourth-order valence-electron chi connectivity index (χ4n) is 4.13. The van der Waals surface area contributed by atoms with E-state index in [4.69, 9.17) is 15.7 Å². The second-order valence-corrected chi connectivity index (χ2v) is 9.66. The van der Waals surface area contributed by atoms with Gasteiger partial charge in [0.1, 0.15) is 11.3 Å². The van der Waals surface area contributed by atoms with Crippen molar-refractivity contribution in [1.82, 2.24) is 14.4 Å². The molecule has 35 heavy (non-hydrogen) atoms. The Morgan fingerprint density at radius 1 is 1.09 bits per heavy atom. The van der Waals surface area contributed by atoms with Gasteiger partial charge in [-0.15, -0.1) is 11.3 Å². The van der Waals surface area contributed by atoms with Crippen molar-refractivity contribution in [1.29, 1.82) is 0 Å². The quantitative estimate of drug-likeness (QED) is 0.249. The number of nitrogens with zero attached hydrogens (tertiary/aromatic N) is 3. The molecule has 1 aliphatic carbocycles. The molecule has 0 unspecified atom stereocenters. The number of thiazole rings is 1. The van der Waals surface area contributed by atoms with Gasteiger partial charge in [-0.25, -0.2) is 9.97 Å². The second kappa shape index (κ2) is 8.88. The zero-order valence-corrected chi connectivity index (χ0v) is 19.8. The fourth-order valence-corrected chi connectivity index (χ4v) is 4.86. The summed E-state index contributed by atoms with van der Waals surface area (Å²) in [7, 11) is 0. The first kappa shape index (κ1) is 21.4. The van der Waals surface area contributed by atoms with Crippen LogP contribution in [0.2, 0.25) is 0 Å². The number of fused-ring (bicyclic) bond motifs is 1. The monoisotopic (exact) mass is 480 g/mol. The summed E-state index contributed by atoms with van der Waals surface area (Å²) in [5, 5.41) is 8.98. The van der Waals surface area contributed by atoms with Crippen LogP contribution < -0.4 is 16.4 Å². The molecule has 1 aliphatic rings. The van der Waals surface area contributed by atoms with Gasteiger partial charge in [0.05, 0.1) is 23.3 Å². The van der Waals surface area contributed by atoms with Gasteiger partial charge in [0, 0.05) is 22.8 Å². The summed E-state index contributed by atoms with van der Waals surface area (Å²) in [4.78, 5) is 22.0. The van der Waals surface area contributed by atoms with Crippen molar-refractivity contribution in [2.45, 2.75) is 19.3 Å². The Bertz CT molecular complexity index is 1520. The van der Waals surface area contributed by atoms with Crippen LogP contribution in [0.25, 0.3) is 17.0 Å². The van der Waals surface area contributed by atoms with Crippen molar-refractivity contribution in [3.8, 4) is 11.4 Å². The standard InChI is InChI=1S/C27H24N6OS/c28-21-5-1-2-6-22(21)31-26(34)18-9-11-20(12-10-18)30-27-32-23(16-35-27)24-15-29-25-19(14-17-7-8-17)4-3-13-33(24)25/h1-6,9-13,15-17H,7-8,14,28H2,(H,30,32)(H,31,34). The van der Waals surface area contributed by atoms with Crippen LogP contribution in [0.5, 0.6) is 0 Å². The average Bonchev–Trinajstić information content (AvgIpc) is 3.38. The number of nitrogens with two attached hydrogens (primary N) is 1. The number of amides is 1. The van der Waals surface area contributed by atoms with Gasteiger partial charge in [0.25, 0.3) is 5.91 Å². The van der Waals surface area contributed by atoms with E-state index >= 15 is 0 Å². The molecule has 0 aliphatic heterocycles. The zero-order valence-electron chi connectivity index (χ0n) is 18.9. The largest absolute Gasteiger partial charge is 0.397 e. The molecule has 8 heteroatoms. The molecule has 4 N–H and O–H groups in total. The van der Waals surface area contributed by atoms with Gasteiger partial charge >= 0.3 is 0 Å². The maximum absolute atomic E-state index is 12.6. The van der Waals surface area contributed by atoms with Gasteiger partial charge in [-0.1, -0.05) is 18.2 Å². The SMILES string of the molecule is Nc1ccccc1NC(=O)c1ccc(Nc2nc(-c3cnc4c(CC5CC5)cccn34)cs2)cc1. The van der Waals surface area contributed by atoms with E-state index in [-0.39, 0.29) is 5.91 Å². The fraction of sp³-hybridized carbons (Fsp3) is 0.148. The van der Waals surface area contributed by atoms with E-state index < -0.39 is 0 Å². The number of nitrogens with one attached hydrogen (secondary N) is 2. The molecule has 1 saturated carbocycles. The lowest BCUT2D eigenvalue weighted by atomic mass is 10.1. The van der Waals surface area contributed by atoms with Crippen LogP contribution in [0.4, 0.5) is 22.2 Å². The Hall–Kier alpha value is -4.17. The summed E-state index contributed by atoms with van der Waals surface area (Å²) in [6.45, 7) is 0. The van der Waals surface area contributed by atoms with Crippen molar-refractivity contribution >= 4 is 45.1 Å². The molecule has 2 aromatic carbocycles. The minimum absolute atomic E-state index is 0.209. The molecule has 3 heterocycles. The van der Waals surface area contributed by atoms with Crippen LogP contribution >= 0.6 is 11.3 Å². The lowest BCUT2D eigenvalue weighted by molar-refractivity contribution is 0.102. The molecule has 0 radical (unpaired) electrons. The predicted molar refractivity (Wildman–Crippen MR) is 141 cm³/mol. The van der Waals surface area contributed by atoms with Crippen molar-refractivity contribution in [3.63, 3.8) is 0 Å². The lowest BCUT2D eigenvalue weighted by Gasteiger charge is -2.08. The molecule has 174 valence electrons. The second-order valence-electron chi connectivity index (χ2n) is 8.80. The number of rotatable bonds is 7. The smallest absolute Gasteiger partial charge is 0.255 e. The van der Waals surface area contributed by atoms with Gasteiger partial charge in [0.15, 0.2) is 5.13 Å². The number of pyridine rings is 1. The molecule has 0 atom stereocenters. The van der Waals surface area contributed by atoms with Crippen LogP contribution in [0.1, 0.15) is 28.8 Å². The van der Waals surface area contributed by atoms with Crippen LogP contribution in [-0.4, -0.2) is 20.3 Å². The van der Waals surface area contributed by atoms with Crippen molar-refractivity contribution < 1.29 is 4.79 Å². The van der Waals surface area contributed by atoms with Gasteiger partial charge in [0.2, 0.25) is 0 Å². The zero-order chi connectivity index (χ0) is 23.8. The van der Waals surface area contributed by atoms with Gasteiger partial charge < -0.3 is 16.4 Å². The third kappa shape index (κ3) is 4.48. The summed E-state index contributed by atoms with van der Waals surface area (Å²) in [6, 6.07) is 18.7. The number of hydrogen-bond donors (Lipinski definition) is 3. The molecule has 0 bridgehead atoms. The average molecular weight is 481 g/mol. The highest BCUT2D eigenvalue weighted by atomic mass is 32.1. The number of hydrogen-bond acceptors (Lipinski definition) is 6. The number of imidazole rings is 1. The molecule has 7 nitrogen and oxygen atoms in total. The van der Waals surface area contributed by atoms with E-state index in [1.54, 1.807) is 24.3 Å². The lowest BCUT2D eigenvalue weighted by Crippen LogP contribution is -2.13. The van der Waals surface area contributed by atoms with E-state index in [0.29, 0.717) is 16.9 Å². The number of para-hydroxylation sites is 2. The van der Waals surface area contributed by atoms with E-state index in [1.807, 2.05) is 42.0 Å². The minimum Gasteiger partial charge on any atom is -0.397 e. The number of nitrogen functional groups attached to an aromatic ring is 1. The first-order chi connectivity index (χ1) is 17.1. The molecule has 1 amide bonds. The number of carbonyl (C=O) groups excluding carboxylic acids is 1.